The van der Waals surface area contributed by atoms with Gasteiger partial charge in [0.15, 0.2) is 0 Å². The predicted octanol–water partition coefficient (Wildman–Crippen LogP) is 1.34. The molecule has 1 aromatic rings. The molecule has 2 heterocycles. The predicted molar refractivity (Wildman–Crippen MR) is 112 cm³/mol. The maximum Gasteiger partial charge on any atom is 0.314 e. The van der Waals surface area contributed by atoms with Crippen molar-refractivity contribution in [2.24, 2.45) is 5.41 Å². The zero-order valence-electron chi connectivity index (χ0n) is 17.8. The average Bonchev–Trinajstić information content (AvgIpc) is 3.14. The van der Waals surface area contributed by atoms with E-state index in [1.165, 1.54) is 7.11 Å². The molecule has 1 saturated carbocycles. The second kappa shape index (κ2) is 9.49. The smallest absolute Gasteiger partial charge is 0.314 e. The summed E-state index contributed by atoms with van der Waals surface area (Å²) in [6.45, 7) is 1.84. The average molecular weight is 442 g/mol. The third-order valence-corrected chi connectivity index (χ3v) is 6.69. The van der Waals surface area contributed by atoms with Crippen LogP contribution in [0.2, 0.25) is 0 Å². The number of anilines is 1. The van der Waals surface area contributed by atoms with Crippen molar-refractivity contribution in [3.8, 4) is 5.88 Å². The molecule has 30 heavy (non-hydrogen) atoms. The number of methoxy groups -OCH3 is 2. The SMILES string of the molecule is COC(=O)[C@@]1(COC2CCN(c3cccnc3OC)CC2)CC[C@H](NS(C)(=O)=O)C1. The molecule has 168 valence electrons. The van der Waals surface area contributed by atoms with Gasteiger partial charge in [0.1, 0.15) is 0 Å². The van der Waals surface area contributed by atoms with E-state index in [0.29, 0.717) is 25.1 Å². The molecule has 1 N–H and O–H groups in total. The van der Waals surface area contributed by atoms with Crippen molar-refractivity contribution in [3.63, 3.8) is 0 Å². The molecule has 3 rings (SSSR count). The summed E-state index contributed by atoms with van der Waals surface area (Å²) < 4.78 is 42.3. The van der Waals surface area contributed by atoms with Crippen LogP contribution in [0.5, 0.6) is 5.88 Å². The molecular formula is C20H31N3O6S. The number of aromatic nitrogens is 1. The van der Waals surface area contributed by atoms with Crippen LogP contribution >= 0.6 is 0 Å². The number of nitrogens with zero attached hydrogens (tertiary/aromatic N) is 2. The first-order valence-electron chi connectivity index (χ1n) is 10.2. The maximum atomic E-state index is 12.5. The van der Waals surface area contributed by atoms with Crippen LogP contribution in [0.25, 0.3) is 0 Å². The molecule has 1 aliphatic carbocycles. The molecule has 10 heteroatoms. The molecule has 0 unspecified atom stereocenters. The molecule has 0 aromatic carbocycles. The van der Waals surface area contributed by atoms with Crippen molar-refractivity contribution in [1.82, 2.24) is 9.71 Å². The lowest BCUT2D eigenvalue weighted by Crippen LogP contribution is -2.42. The zero-order chi connectivity index (χ0) is 21.8. The number of nitrogens with one attached hydrogen (secondary N) is 1. The summed E-state index contributed by atoms with van der Waals surface area (Å²) in [5.41, 5.74) is 0.163. The third-order valence-electron chi connectivity index (χ3n) is 5.93. The number of carbonyl (C=O) groups is 1. The van der Waals surface area contributed by atoms with E-state index in [1.807, 2.05) is 12.1 Å². The van der Waals surface area contributed by atoms with Crippen LogP contribution in [-0.4, -0.2) is 71.7 Å². The number of sulfonamides is 1. The quantitative estimate of drug-likeness (QED) is 0.602. The van der Waals surface area contributed by atoms with Crippen LogP contribution in [-0.2, 0) is 24.3 Å². The lowest BCUT2D eigenvalue weighted by Gasteiger charge is -2.35. The summed E-state index contributed by atoms with van der Waals surface area (Å²) in [5, 5.41) is 0. The van der Waals surface area contributed by atoms with Crippen LogP contribution in [0.1, 0.15) is 32.1 Å². The Morgan fingerprint density at radius 3 is 2.67 bits per heavy atom. The van der Waals surface area contributed by atoms with Gasteiger partial charge in [0.2, 0.25) is 15.9 Å². The molecule has 1 aliphatic heterocycles. The highest BCUT2D eigenvalue weighted by Crippen LogP contribution is 2.41. The van der Waals surface area contributed by atoms with Crippen molar-refractivity contribution in [2.45, 2.75) is 44.2 Å². The molecule has 2 fully saturated rings. The molecule has 0 spiro atoms. The van der Waals surface area contributed by atoms with E-state index in [9.17, 15) is 13.2 Å². The van der Waals surface area contributed by atoms with Crippen LogP contribution in [0.15, 0.2) is 18.3 Å². The molecule has 2 aliphatic rings. The molecule has 0 bridgehead atoms. The second-order valence-electron chi connectivity index (χ2n) is 8.13. The van der Waals surface area contributed by atoms with Crippen molar-refractivity contribution in [2.75, 3.05) is 45.1 Å². The van der Waals surface area contributed by atoms with Crippen LogP contribution in [0.3, 0.4) is 0 Å². The van der Waals surface area contributed by atoms with Gasteiger partial charge in [-0.1, -0.05) is 0 Å². The first-order chi connectivity index (χ1) is 14.3. The highest BCUT2D eigenvalue weighted by atomic mass is 32.2. The Balaban J connectivity index is 1.57. The fourth-order valence-electron chi connectivity index (χ4n) is 4.44. The Morgan fingerprint density at radius 1 is 1.30 bits per heavy atom. The van der Waals surface area contributed by atoms with Crippen LogP contribution in [0, 0.1) is 5.41 Å². The Morgan fingerprint density at radius 2 is 2.03 bits per heavy atom. The Hall–Kier alpha value is -1.91. The van der Waals surface area contributed by atoms with E-state index in [2.05, 4.69) is 14.6 Å². The third kappa shape index (κ3) is 5.41. The molecule has 2 atom stereocenters. The van der Waals surface area contributed by atoms with Crippen LogP contribution in [0.4, 0.5) is 5.69 Å². The monoisotopic (exact) mass is 441 g/mol. The summed E-state index contributed by atoms with van der Waals surface area (Å²) in [5.74, 6) is 0.273. The minimum Gasteiger partial charge on any atom is -0.480 e. The van der Waals surface area contributed by atoms with Gasteiger partial charge < -0.3 is 19.1 Å². The van der Waals surface area contributed by atoms with Crippen molar-refractivity contribution < 1.29 is 27.4 Å². The van der Waals surface area contributed by atoms with Gasteiger partial charge in [-0.05, 0) is 44.2 Å². The van der Waals surface area contributed by atoms with Gasteiger partial charge >= 0.3 is 5.97 Å². The fraction of sp³-hybridized carbons (Fsp3) is 0.700. The lowest BCUT2D eigenvalue weighted by atomic mass is 9.87. The van der Waals surface area contributed by atoms with Gasteiger partial charge in [0.05, 0.1) is 44.3 Å². The number of esters is 1. The molecule has 9 nitrogen and oxygen atoms in total. The zero-order valence-corrected chi connectivity index (χ0v) is 18.6. The highest BCUT2D eigenvalue weighted by Gasteiger charge is 2.47. The Labute approximate surface area is 178 Å². The number of piperidine rings is 1. The second-order valence-corrected chi connectivity index (χ2v) is 9.91. The first-order valence-corrected chi connectivity index (χ1v) is 12.1. The lowest BCUT2D eigenvalue weighted by molar-refractivity contribution is -0.158. The first kappa shape index (κ1) is 22.8. The highest BCUT2D eigenvalue weighted by molar-refractivity contribution is 7.88. The van der Waals surface area contributed by atoms with E-state index in [-0.39, 0.29) is 24.7 Å². The van der Waals surface area contributed by atoms with Gasteiger partial charge in [-0.15, -0.1) is 0 Å². The van der Waals surface area contributed by atoms with Gasteiger partial charge in [0.25, 0.3) is 0 Å². The topological polar surface area (TPSA) is 107 Å². The number of hydrogen-bond donors (Lipinski definition) is 1. The number of ether oxygens (including phenoxy) is 3. The van der Waals surface area contributed by atoms with Gasteiger partial charge in [-0.3, -0.25) is 4.79 Å². The van der Waals surface area contributed by atoms with Gasteiger partial charge in [0, 0.05) is 25.3 Å². The molecular weight excluding hydrogens is 410 g/mol. The van der Waals surface area contributed by atoms with E-state index < -0.39 is 15.4 Å². The molecule has 0 amide bonds. The Bertz CT molecular complexity index is 841. The summed E-state index contributed by atoms with van der Waals surface area (Å²) >= 11 is 0. The summed E-state index contributed by atoms with van der Waals surface area (Å²) in [6.07, 6.45) is 6.03. The Kier molecular flexibility index (Phi) is 7.20. The van der Waals surface area contributed by atoms with Crippen molar-refractivity contribution >= 4 is 21.7 Å². The molecule has 1 aromatic heterocycles. The number of carbonyl (C=O) groups excluding carboxylic acids is 1. The van der Waals surface area contributed by atoms with E-state index in [1.54, 1.807) is 13.3 Å². The van der Waals surface area contributed by atoms with Crippen LogP contribution < -0.4 is 14.4 Å². The van der Waals surface area contributed by atoms with Gasteiger partial charge in [-0.25, -0.2) is 18.1 Å². The minimum atomic E-state index is -3.33. The van der Waals surface area contributed by atoms with Crippen molar-refractivity contribution in [1.29, 1.82) is 0 Å². The summed E-state index contributed by atoms with van der Waals surface area (Å²) in [4.78, 5) is 19.0. The number of pyridine rings is 1. The number of rotatable bonds is 8. The standard InChI is InChI=1S/C20H31N3O6S/c1-27-18-17(5-4-10-21-18)23-11-7-16(8-12-23)29-14-20(19(24)28-2)9-6-15(13-20)22-30(3,25)26/h4-5,10,15-16,22H,6-9,11-14H2,1-3H3/t15-,20-/m0/s1. The van der Waals surface area contributed by atoms with E-state index in [0.717, 1.165) is 37.9 Å². The summed E-state index contributed by atoms with van der Waals surface area (Å²) in [6, 6.07) is 3.61. The molecule has 0 radical (unpaired) electrons. The fourth-order valence-corrected chi connectivity index (χ4v) is 5.25. The van der Waals surface area contributed by atoms with E-state index in [4.69, 9.17) is 14.2 Å². The summed E-state index contributed by atoms with van der Waals surface area (Å²) in [7, 11) is -0.353. The van der Waals surface area contributed by atoms with E-state index >= 15 is 0 Å². The van der Waals surface area contributed by atoms with Gasteiger partial charge in [-0.2, -0.15) is 0 Å². The number of hydrogen-bond acceptors (Lipinski definition) is 8. The van der Waals surface area contributed by atoms with Crippen molar-refractivity contribution in [3.05, 3.63) is 18.3 Å². The maximum absolute atomic E-state index is 12.5. The normalized spacial score (nSPS) is 25.3. The molecule has 1 saturated heterocycles. The minimum absolute atomic E-state index is 0.0346. The largest absolute Gasteiger partial charge is 0.480 e.